The zero-order valence-corrected chi connectivity index (χ0v) is 8.90. The Balaban J connectivity index is 2.24. The maximum atomic E-state index is 8.85. The van der Waals surface area contributed by atoms with E-state index in [1.807, 2.05) is 18.2 Å². The van der Waals surface area contributed by atoms with E-state index < -0.39 is 0 Å². The number of nitrogens with one attached hydrogen (secondary N) is 1. The fraction of sp³-hybridized carbons (Fsp3) is 0.417. The fourth-order valence-corrected chi connectivity index (χ4v) is 1.98. The van der Waals surface area contributed by atoms with Crippen molar-refractivity contribution in [1.82, 2.24) is 5.32 Å². The van der Waals surface area contributed by atoms with Gasteiger partial charge in [0.25, 0.3) is 0 Å². The molecule has 3 nitrogen and oxygen atoms in total. The summed E-state index contributed by atoms with van der Waals surface area (Å²) in [5.74, 6) is 0. The summed E-state index contributed by atoms with van der Waals surface area (Å²) in [4.78, 5) is 2.34. The fourth-order valence-electron chi connectivity index (χ4n) is 1.98. The summed E-state index contributed by atoms with van der Waals surface area (Å²) in [5, 5.41) is 12.2. The third kappa shape index (κ3) is 2.11. The summed E-state index contributed by atoms with van der Waals surface area (Å²) >= 11 is 0. The molecule has 78 valence electrons. The first-order valence-electron chi connectivity index (χ1n) is 5.29. The molecule has 0 radical (unpaired) electrons. The minimum atomic E-state index is 0.493. The van der Waals surface area contributed by atoms with E-state index in [4.69, 9.17) is 5.26 Å². The van der Waals surface area contributed by atoms with Gasteiger partial charge >= 0.3 is 0 Å². The van der Waals surface area contributed by atoms with Crippen LogP contribution in [-0.4, -0.2) is 25.7 Å². The lowest BCUT2D eigenvalue weighted by molar-refractivity contribution is 0.501. The van der Waals surface area contributed by atoms with Crippen molar-refractivity contribution in [1.29, 1.82) is 5.26 Å². The van der Waals surface area contributed by atoms with Gasteiger partial charge in [-0.2, -0.15) is 5.26 Å². The van der Waals surface area contributed by atoms with Crippen LogP contribution in [0.3, 0.4) is 0 Å². The number of hydrogen-bond donors (Lipinski definition) is 1. The average molecular weight is 201 g/mol. The van der Waals surface area contributed by atoms with Gasteiger partial charge in [0.05, 0.1) is 11.6 Å². The van der Waals surface area contributed by atoms with Gasteiger partial charge in [-0.25, -0.2) is 0 Å². The van der Waals surface area contributed by atoms with Crippen LogP contribution in [0.2, 0.25) is 0 Å². The molecule has 1 aromatic carbocycles. The average Bonchev–Trinajstić information content (AvgIpc) is 2.30. The molecule has 1 fully saturated rings. The van der Waals surface area contributed by atoms with E-state index in [-0.39, 0.29) is 0 Å². The molecule has 15 heavy (non-hydrogen) atoms. The molecule has 1 aromatic rings. The Labute approximate surface area is 90.3 Å². The van der Waals surface area contributed by atoms with Gasteiger partial charge in [0.15, 0.2) is 0 Å². The van der Waals surface area contributed by atoms with Crippen LogP contribution in [0.5, 0.6) is 0 Å². The summed E-state index contributed by atoms with van der Waals surface area (Å²) in [5.41, 5.74) is 1.89. The van der Waals surface area contributed by atoms with Crippen molar-refractivity contribution in [3.8, 4) is 6.07 Å². The van der Waals surface area contributed by atoms with Crippen molar-refractivity contribution >= 4 is 5.69 Å². The Kier molecular flexibility index (Phi) is 2.89. The quantitative estimate of drug-likeness (QED) is 0.745. The molecular formula is C12H15N3. The van der Waals surface area contributed by atoms with Gasteiger partial charge < -0.3 is 10.2 Å². The molecule has 1 aliphatic heterocycles. The molecular weight excluding hydrogens is 186 g/mol. The molecule has 0 spiro atoms. The Bertz CT molecular complexity index is 381. The van der Waals surface area contributed by atoms with E-state index in [9.17, 15) is 0 Å². The molecule has 1 unspecified atom stereocenters. The van der Waals surface area contributed by atoms with E-state index in [1.165, 1.54) is 0 Å². The van der Waals surface area contributed by atoms with Crippen molar-refractivity contribution in [3.05, 3.63) is 29.8 Å². The molecule has 0 saturated carbocycles. The largest absolute Gasteiger partial charge is 0.366 e. The van der Waals surface area contributed by atoms with Gasteiger partial charge in [0.1, 0.15) is 0 Å². The molecule has 0 aromatic heterocycles. The lowest BCUT2D eigenvalue weighted by atomic mass is 10.1. The highest BCUT2D eigenvalue weighted by Crippen LogP contribution is 2.19. The smallest absolute Gasteiger partial charge is 0.0992 e. The predicted molar refractivity (Wildman–Crippen MR) is 60.8 cm³/mol. The zero-order valence-electron chi connectivity index (χ0n) is 8.90. The monoisotopic (exact) mass is 201 g/mol. The number of nitriles is 1. The molecule has 0 bridgehead atoms. The summed E-state index contributed by atoms with van der Waals surface area (Å²) in [6, 6.07) is 10.5. The normalized spacial score (nSPS) is 21.1. The Hall–Kier alpha value is -1.53. The molecule has 1 saturated heterocycles. The zero-order chi connectivity index (χ0) is 10.7. The lowest BCUT2D eigenvalue weighted by Crippen LogP contribution is -2.49. The summed E-state index contributed by atoms with van der Waals surface area (Å²) in [7, 11) is 0. The van der Waals surface area contributed by atoms with Crippen LogP contribution in [-0.2, 0) is 0 Å². The number of hydrogen-bond acceptors (Lipinski definition) is 3. The second-order valence-electron chi connectivity index (χ2n) is 3.91. The molecule has 1 aliphatic rings. The predicted octanol–water partition coefficient (Wildman–Crippen LogP) is 1.36. The summed E-state index contributed by atoms with van der Waals surface area (Å²) < 4.78 is 0. The lowest BCUT2D eigenvalue weighted by Gasteiger charge is -2.35. The highest BCUT2D eigenvalue weighted by molar-refractivity contribution is 5.52. The Morgan fingerprint density at radius 1 is 1.53 bits per heavy atom. The van der Waals surface area contributed by atoms with Crippen LogP contribution in [0.15, 0.2) is 24.3 Å². The highest BCUT2D eigenvalue weighted by Gasteiger charge is 2.17. The van der Waals surface area contributed by atoms with Crippen LogP contribution in [0.25, 0.3) is 0 Å². The second kappa shape index (κ2) is 4.33. The second-order valence-corrected chi connectivity index (χ2v) is 3.91. The van der Waals surface area contributed by atoms with Gasteiger partial charge in [0, 0.05) is 31.4 Å². The topological polar surface area (TPSA) is 39.1 Å². The van der Waals surface area contributed by atoms with E-state index >= 15 is 0 Å². The van der Waals surface area contributed by atoms with Gasteiger partial charge in [0.2, 0.25) is 0 Å². The van der Waals surface area contributed by atoms with Crippen LogP contribution in [0.4, 0.5) is 5.69 Å². The first-order valence-corrected chi connectivity index (χ1v) is 5.29. The van der Waals surface area contributed by atoms with Crippen LogP contribution in [0.1, 0.15) is 12.5 Å². The maximum absolute atomic E-state index is 8.85. The Morgan fingerprint density at radius 3 is 3.13 bits per heavy atom. The minimum Gasteiger partial charge on any atom is -0.366 e. The summed E-state index contributed by atoms with van der Waals surface area (Å²) in [6.07, 6.45) is 0. The molecule has 1 N–H and O–H groups in total. The standard InChI is InChI=1S/C12H15N3/c1-10-9-14-5-6-15(10)12-4-2-3-11(7-12)8-13/h2-4,7,10,14H,5-6,9H2,1H3. The summed E-state index contributed by atoms with van der Waals surface area (Å²) in [6.45, 7) is 5.24. The molecule has 2 rings (SSSR count). The number of benzene rings is 1. The van der Waals surface area contributed by atoms with Gasteiger partial charge in [-0.05, 0) is 25.1 Å². The van der Waals surface area contributed by atoms with Gasteiger partial charge in [-0.3, -0.25) is 0 Å². The molecule has 3 heteroatoms. The SMILES string of the molecule is CC1CNCCN1c1cccc(C#N)c1. The van der Waals surface area contributed by atoms with Crippen molar-refractivity contribution in [3.63, 3.8) is 0 Å². The molecule has 0 aliphatic carbocycles. The van der Waals surface area contributed by atoms with Crippen LogP contribution in [0, 0.1) is 11.3 Å². The Morgan fingerprint density at radius 2 is 2.40 bits per heavy atom. The first-order chi connectivity index (χ1) is 7.31. The molecule has 1 atom stereocenters. The number of rotatable bonds is 1. The molecule has 1 heterocycles. The number of piperazine rings is 1. The van der Waals surface area contributed by atoms with Crippen molar-refractivity contribution in [2.45, 2.75) is 13.0 Å². The van der Waals surface area contributed by atoms with Gasteiger partial charge in [-0.1, -0.05) is 6.07 Å². The van der Waals surface area contributed by atoms with Crippen molar-refractivity contribution in [2.75, 3.05) is 24.5 Å². The van der Waals surface area contributed by atoms with Crippen molar-refractivity contribution in [2.24, 2.45) is 0 Å². The van der Waals surface area contributed by atoms with Crippen LogP contribution >= 0.6 is 0 Å². The third-order valence-corrected chi connectivity index (χ3v) is 2.81. The maximum Gasteiger partial charge on any atom is 0.0992 e. The van der Waals surface area contributed by atoms with E-state index in [2.05, 4.69) is 29.3 Å². The van der Waals surface area contributed by atoms with Crippen LogP contribution < -0.4 is 10.2 Å². The molecule has 0 amide bonds. The van der Waals surface area contributed by atoms with E-state index in [0.29, 0.717) is 6.04 Å². The van der Waals surface area contributed by atoms with Gasteiger partial charge in [-0.15, -0.1) is 0 Å². The first kappa shape index (κ1) is 10.0. The van der Waals surface area contributed by atoms with E-state index in [0.717, 1.165) is 30.9 Å². The third-order valence-electron chi connectivity index (χ3n) is 2.81. The van der Waals surface area contributed by atoms with Crippen molar-refractivity contribution < 1.29 is 0 Å². The van der Waals surface area contributed by atoms with E-state index in [1.54, 1.807) is 0 Å². The minimum absolute atomic E-state index is 0.493. The number of nitrogens with zero attached hydrogens (tertiary/aromatic N) is 2. The number of anilines is 1. The highest BCUT2D eigenvalue weighted by atomic mass is 15.2.